The molecule has 0 aromatic heterocycles. The van der Waals surface area contributed by atoms with Gasteiger partial charge < -0.3 is 10.2 Å². The number of piperidine rings is 1. The molecule has 3 amide bonds. The van der Waals surface area contributed by atoms with Crippen molar-refractivity contribution >= 4 is 11.9 Å². The lowest BCUT2D eigenvalue weighted by Crippen LogP contribution is -2.68. The van der Waals surface area contributed by atoms with E-state index < -0.39 is 23.1 Å². The second kappa shape index (κ2) is 2.91. The molecule has 0 aromatic carbocycles. The fraction of sp³-hybridized carbons (Fsp3) is 0.778. The van der Waals surface area contributed by atoms with Crippen LogP contribution in [0.25, 0.3) is 0 Å². The van der Waals surface area contributed by atoms with Crippen molar-refractivity contribution in [3.63, 3.8) is 0 Å². The average molecular weight is 215 g/mol. The van der Waals surface area contributed by atoms with Gasteiger partial charge in [-0.2, -0.15) is 0 Å². The first-order chi connectivity index (χ1) is 6.87. The fourth-order valence-electron chi connectivity index (χ4n) is 2.37. The topological polar surface area (TPSA) is 61.4 Å². The van der Waals surface area contributed by atoms with Gasteiger partial charge in [-0.25, -0.2) is 9.18 Å². The number of carbonyl (C=O) groups is 2. The Morgan fingerprint density at radius 2 is 2.13 bits per heavy atom. The molecule has 2 aliphatic rings. The average Bonchev–Trinajstić information content (AvgIpc) is 2.36. The van der Waals surface area contributed by atoms with E-state index in [9.17, 15) is 14.0 Å². The zero-order valence-electron chi connectivity index (χ0n) is 8.76. The number of hydrogen-bond donors (Lipinski definition) is 2. The standard InChI is InChI=1S/C9H14FN3O2/c1-8(10)5-13(2)4-3-9(8)6(14)11-7(15)12-9/h3-5H2,1-2H3,(H2,11,12,14,15). The summed E-state index contributed by atoms with van der Waals surface area (Å²) < 4.78 is 14.4. The van der Waals surface area contributed by atoms with Crippen LogP contribution in [0.2, 0.25) is 0 Å². The van der Waals surface area contributed by atoms with Crippen molar-refractivity contribution in [3.8, 4) is 0 Å². The van der Waals surface area contributed by atoms with Gasteiger partial charge in [-0.15, -0.1) is 0 Å². The highest BCUT2D eigenvalue weighted by Gasteiger charge is 2.61. The van der Waals surface area contributed by atoms with E-state index in [0.717, 1.165) is 0 Å². The molecule has 0 aromatic rings. The molecular formula is C9H14FN3O2. The molecule has 1 spiro atoms. The molecule has 2 N–H and O–H groups in total. The molecule has 2 saturated heterocycles. The van der Waals surface area contributed by atoms with Gasteiger partial charge in [-0.3, -0.25) is 10.1 Å². The van der Waals surface area contributed by atoms with Crippen molar-refractivity contribution in [1.82, 2.24) is 15.5 Å². The first kappa shape index (κ1) is 10.4. The minimum absolute atomic E-state index is 0.140. The number of nitrogens with one attached hydrogen (secondary N) is 2. The molecule has 0 aliphatic carbocycles. The number of amides is 3. The van der Waals surface area contributed by atoms with Crippen molar-refractivity contribution < 1.29 is 14.0 Å². The van der Waals surface area contributed by atoms with Crippen LogP contribution in [0.15, 0.2) is 0 Å². The largest absolute Gasteiger partial charge is 0.322 e. The second-order valence-corrected chi connectivity index (χ2v) is 4.50. The summed E-state index contributed by atoms with van der Waals surface area (Å²) in [4.78, 5) is 24.5. The summed E-state index contributed by atoms with van der Waals surface area (Å²) in [7, 11) is 1.79. The number of halogens is 1. The highest BCUT2D eigenvalue weighted by Crippen LogP contribution is 2.36. The third-order valence-corrected chi connectivity index (χ3v) is 3.27. The summed E-state index contributed by atoms with van der Waals surface area (Å²) in [5.41, 5.74) is -3.12. The molecule has 0 saturated carbocycles. The predicted octanol–water partition coefficient (Wildman–Crippen LogP) is -0.372. The van der Waals surface area contributed by atoms with Crippen LogP contribution in [0, 0.1) is 0 Å². The Morgan fingerprint density at radius 1 is 1.47 bits per heavy atom. The van der Waals surface area contributed by atoms with E-state index in [1.807, 2.05) is 4.90 Å². The van der Waals surface area contributed by atoms with Gasteiger partial charge in [0.15, 0.2) is 11.2 Å². The molecule has 2 aliphatic heterocycles. The van der Waals surface area contributed by atoms with Gasteiger partial charge in [0.05, 0.1) is 0 Å². The van der Waals surface area contributed by atoms with Gasteiger partial charge in [0.1, 0.15) is 0 Å². The van der Waals surface area contributed by atoms with Gasteiger partial charge in [0, 0.05) is 13.1 Å². The third kappa shape index (κ3) is 1.31. The van der Waals surface area contributed by atoms with Gasteiger partial charge in [0.25, 0.3) is 5.91 Å². The molecule has 0 radical (unpaired) electrons. The maximum atomic E-state index is 14.4. The Hall–Kier alpha value is -1.17. The molecule has 5 nitrogen and oxygen atoms in total. The van der Waals surface area contributed by atoms with Gasteiger partial charge in [-0.1, -0.05) is 0 Å². The molecule has 0 bridgehead atoms. The molecule has 2 atom stereocenters. The summed E-state index contributed by atoms with van der Waals surface area (Å²) in [6, 6.07) is -0.603. The Labute approximate surface area is 87.0 Å². The lowest BCUT2D eigenvalue weighted by molar-refractivity contribution is -0.133. The molecule has 2 fully saturated rings. The number of urea groups is 1. The summed E-state index contributed by atoms with van der Waals surface area (Å²) in [5, 5.41) is 4.53. The lowest BCUT2D eigenvalue weighted by Gasteiger charge is -2.45. The van der Waals surface area contributed by atoms with E-state index in [0.29, 0.717) is 13.0 Å². The minimum atomic E-state index is -1.74. The minimum Gasteiger partial charge on any atom is -0.320 e. The van der Waals surface area contributed by atoms with Crippen molar-refractivity contribution in [1.29, 1.82) is 0 Å². The zero-order chi connectivity index (χ0) is 11.3. The summed E-state index contributed by atoms with van der Waals surface area (Å²) in [5.74, 6) is -0.550. The predicted molar refractivity (Wildman–Crippen MR) is 51.0 cm³/mol. The normalized spacial score (nSPS) is 41.8. The van der Waals surface area contributed by atoms with Crippen molar-refractivity contribution in [2.24, 2.45) is 0 Å². The maximum Gasteiger partial charge on any atom is 0.322 e. The van der Waals surface area contributed by atoms with E-state index in [1.54, 1.807) is 7.05 Å². The Morgan fingerprint density at radius 3 is 2.60 bits per heavy atom. The molecule has 2 rings (SSSR count). The quantitative estimate of drug-likeness (QED) is 0.542. The van der Waals surface area contributed by atoms with E-state index in [-0.39, 0.29) is 6.54 Å². The Balaban J connectivity index is 2.35. The fourth-order valence-corrected chi connectivity index (χ4v) is 2.37. The summed E-state index contributed by atoms with van der Waals surface area (Å²) in [6.07, 6.45) is 0.300. The molecular weight excluding hydrogens is 201 g/mol. The van der Waals surface area contributed by atoms with Crippen LogP contribution in [-0.2, 0) is 4.79 Å². The summed E-state index contributed by atoms with van der Waals surface area (Å²) >= 11 is 0. The van der Waals surface area contributed by atoms with Gasteiger partial charge >= 0.3 is 6.03 Å². The molecule has 84 valence electrons. The number of rotatable bonds is 0. The Kier molecular flexibility index (Phi) is 2.01. The van der Waals surface area contributed by atoms with Crippen LogP contribution in [-0.4, -0.2) is 48.2 Å². The number of nitrogens with zero attached hydrogens (tertiary/aromatic N) is 1. The second-order valence-electron chi connectivity index (χ2n) is 4.50. The smallest absolute Gasteiger partial charge is 0.320 e. The monoisotopic (exact) mass is 215 g/mol. The van der Waals surface area contributed by atoms with Crippen molar-refractivity contribution in [2.75, 3.05) is 20.1 Å². The van der Waals surface area contributed by atoms with E-state index in [1.165, 1.54) is 6.92 Å². The van der Waals surface area contributed by atoms with E-state index >= 15 is 0 Å². The molecule has 15 heavy (non-hydrogen) atoms. The number of carbonyl (C=O) groups excluding carboxylic acids is 2. The number of imide groups is 1. The number of hydrogen-bond acceptors (Lipinski definition) is 3. The van der Waals surface area contributed by atoms with E-state index in [4.69, 9.17) is 0 Å². The van der Waals surface area contributed by atoms with Crippen LogP contribution in [0.5, 0.6) is 0 Å². The van der Waals surface area contributed by atoms with Crippen molar-refractivity contribution in [3.05, 3.63) is 0 Å². The van der Waals surface area contributed by atoms with Crippen molar-refractivity contribution in [2.45, 2.75) is 24.6 Å². The van der Waals surface area contributed by atoms with Gasteiger partial charge in [-0.05, 0) is 20.4 Å². The van der Waals surface area contributed by atoms with Gasteiger partial charge in [0.2, 0.25) is 0 Å². The van der Waals surface area contributed by atoms with E-state index in [2.05, 4.69) is 10.6 Å². The van der Waals surface area contributed by atoms with Crippen LogP contribution >= 0.6 is 0 Å². The number of likely N-dealkylation sites (tertiary alicyclic amines) is 1. The maximum absolute atomic E-state index is 14.4. The van der Waals surface area contributed by atoms with Crippen LogP contribution < -0.4 is 10.6 Å². The number of alkyl halides is 1. The zero-order valence-corrected chi connectivity index (χ0v) is 8.76. The molecule has 2 unspecified atom stereocenters. The SMILES string of the molecule is CN1CCC2(NC(=O)NC2=O)C(C)(F)C1. The molecule has 6 heteroatoms. The van der Waals surface area contributed by atoms with Crippen LogP contribution in [0.3, 0.4) is 0 Å². The first-order valence-electron chi connectivity index (χ1n) is 4.88. The third-order valence-electron chi connectivity index (χ3n) is 3.27. The van der Waals surface area contributed by atoms with Crippen LogP contribution in [0.1, 0.15) is 13.3 Å². The van der Waals surface area contributed by atoms with Crippen LogP contribution in [0.4, 0.5) is 9.18 Å². The Bertz CT molecular complexity index is 331. The lowest BCUT2D eigenvalue weighted by atomic mass is 9.76. The highest BCUT2D eigenvalue weighted by molar-refractivity contribution is 6.08. The first-order valence-corrected chi connectivity index (χ1v) is 4.88. The summed E-state index contributed by atoms with van der Waals surface area (Å²) in [6.45, 7) is 2.09. The molecule has 2 heterocycles. The highest BCUT2D eigenvalue weighted by atomic mass is 19.1.